The molecule has 1 saturated carbocycles. The lowest BCUT2D eigenvalue weighted by molar-refractivity contribution is -0.129. The summed E-state index contributed by atoms with van der Waals surface area (Å²) in [7, 11) is -4.04. The van der Waals surface area contributed by atoms with E-state index < -0.39 is 15.9 Å². The molecule has 0 radical (unpaired) electrons. The van der Waals surface area contributed by atoms with Crippen LogP contribution in [-0.4, -0.2) is 31.1 Å². The molecular formula is C18H17ClFNO4S. The third-order valence-electron chi connectivity index (χ3n) is 4.01. The second-order valence-electron chi connectivity index (χ2n) is 6.02. The van der Waals surface area contributed by atoms with Crippen molar-refractivity contribution in [1.82, 2.24) is 4.90 Å². The first-order valence-corrected chi connectivity index (χ1v) is 9.98. The van der Waals surface area contributed by atoms with Gasteiger partial charge in [-0.25, -0.2) is 4.39 Å². The van der Waals surface area contributed by atoms with Gasteiger partial charge in [0.2, 0.25) is 5.91 Å². The maximum absolute atomic E-state index is 12.9. The molecule has 1 aliphatic rings. The van der Waals surface area contributed by atoms with Gasteiger partial charge in [0.1, 0.15) is 22.3 Å². The van der Waals surface area contributed by atoms with Gasteiger partial charge in [0.05, 0.1) is 0 Å². The van der Waals surface area contributed by atoms with Gasteiger partial charge in [0.15, 0.2) is 0 Å². The summed E-state index contributed by atoms with van der Waals surface area (Å²) in [6.07, 6.45) is 1.94. The Labute approximate surface area is 156 Å². The summed E-state index contributed by atoms with van der Waals surface area (Å²) in [6.45, 7) is 0.418. The van der Waals surface area contributed by atoms with Crippen molar-refractivity contribution >= 4 is 27.6 Å². The quantitative estimate of drug-likeness (QED) is 0.531. The molecule has 0 spiro atoms. The number of nitrogens with zero attached hydrogens (tertiary/aromatic N) is 1. The highest BCUT2D eigenvalue weighted by molar-refractivity contribution is 7.87. The summed E-state index contributed by atoms with van der Waals surface area (Å²) < 4.78 is 42.4. The van der Waals surface area contributed by atoms with E-state index in [4.69, 9.17) is 15.8 Å². The van der Waals surface area contributed by atoms with Crippen molar-refractivity contribution < 1.29 is 21.8 Å². The van der Waals surface area contributed by atoms with Gasteiger partial charge < -0.3 is 9.08 Å². The molecule has 2 aromatic carbocycles. The van der Waals surface area contributed by atoms with Crippen LogP contribution in [0.15, 0.2) is 53.4 Å². The second-order valence-corrected chi connectivity index (χ2v) is 7.84. The zero-order chi connectivity index (χ0) is 18.7. The van der Waals surface area contributed by atoms with Crippen LogP contribution >= 0.6 is 11.6 Å². The average molecular weight is 398 g/mol. The third kappa shape index (κ3) is 4.53. The number of halogens is 2. The molecule has 138 valence electrons. The Hall–Kier alpha value is -2.12. The normalized spacial score (nSPS) is 14.1. The molecule has 26 heavy (non-hydrogen) atoms. The van der Waals surface area contributed by atoms with E-state index in [1.54, 1.807) is 17.0 Å². The van der Waals surface area contributed by atoms with Crippen LogP contribution in [0.2, 0.25) is 0 Å². The minimum Gasteiger partial charge on any atom is -0.379 e. The highest BCUT2D eigenvalue weighted by Gasteiger charge is 2.32. The fraction of sp³-hybridized carbons (Fsp3) is 0.278. The lowest BCUT2D eigenvalue weighted by atomic mass is 10.2. The van der Waals surface area contributed by atoms with E-state index in [2.05, 4.69) is 0 Å². The van der Waals surface area contributed by atoms with Crippen LogP contribution in [0, 0.1) is 5.82 Å². The van der Waals surface area contributed by atoms with E-state index >= 15 is 0 Å². The molecule has 0 heterocycles. The molecule has 0 saturated heterocycles. The summed E-state index contributed by atoms with van der Waals surface area (Å²) in [6, 6.07) is 11.1. The number of carbonyl (C=O) groups is 1. The highest BCUT2D eigenvalue weighted by atomic mass is 35.5. The van der Waals surface area contributed by atoms with Gasteiger partial charge in [-0.3, -0.25) is 4.79 Å². The van der Waals surface area contributed by atoms with Crippen molar-refractivity contribution in [2.24, 2.45) is 0 Å². The monoisotopic (exact) mass is 397 g/mol. The molecule has 0 aliphatic heterocycles. The Morgan fingerprint density at radius 3 is 2.27 bits per heavy atom. The van der Waals surface area contributed by atoms with Crippen LogP contribution < -0.4 is 4.18 Å². The third-order valence-corrected chi connectivity index (χ3v) is 5.50. The Bertz CT molecular complexity index is 880. The molecule has 0 bridgehead atoms. The van der Waals surface area contributed by atoms with Gasteiger partial charge >= 0.3 is 10.1 Å². The maximum atomic E-state index is 12.9. The van der Waals surface area contributed by atoms with Crippen LogP contribution in [0.1, 0.15) is 18.4 Å². The molecule has 5 nitrogen and oxygen atoms in total. The van der Waals surface area contributed by atoms with E-state index in [-0.39, 0.29) is 28.5 Å². The maximum Gasteiger partial charge on any atom is 0.339 e. The lowest BCUT2D eigenvalue weighted by Crippen LogP contribution is -2.33. The van der Waals surface area contributed by atoms with Gasteiger partial charge in [-0.2, -0.15) is 8.42 Å². The Morgan fingerprint density at radius 1 is 1.12 bits per heavy atom. The topological polar surface area (TPSA) is 63.7 Å². The smallest absolute Gasteiger partial charge is 0.339 e. The standard InChI is InChI=1S/C18H17ClFNO4S/c19-11-18(22)21(15-5-6-15)12-13-1-7-16(8-2-13)25-26(23,24)17-9-3-14(20)4-10-17/h1-4,7-10,15H,5-6,11-12H2. The van der Waals surface area contributed by atoms with Crippen LogP contribution in [0.5, 0.6) is 5.75 Å². The number of hydrogen-bond donors (Lipinski definition) is 0. The van der Waals surface area contributed by atoms with Crippen LogP contribution in [-0.2, 0) is 21.5 Å². The zero-order valence-electron chi connectivity index (χ0n) is 13.8. The number of amides is 1. The van der Waals surface area contributed by atoms with Gasteiger partial charge in [-0.1, -0.05) is 12.1 Å². The number of alkyl halides is 1. The average Bonchev–Trinajstić information content (AvgIpc) is 3.45. The second kappa shape index (κ2) is 7.63. The van der Waals surface area contributed by atoms with E-state index in [1.165, 1.54) is 12.1 Å². The summed E-state index contributed by atoms with van der Waals surface area (Å²) in [5.41, 5.74) is 0.849. The van der Waals surface area contributed by atoms with Crippen molar-refractivity contribution in [3.8, 4) is 5.75 Å². The van der Waals surface area contributed by atoms with Gasteiger partial charge in [-0.15, -0.1) is 11.6 Å². The fourth-order valence-electron chi connectivity index (χ4n) is 2.51. The van der Waals surface area contributed by atoms with E-state index in [0.29, 0.717) is 6.54 Å². The van der Waals surface area contributed by atoms with Crippen LogP contribution in [0.25, 0.3) is 0 Å². The van der Waals surface area contributed by atoms with Crippen molar-refractivity contribution in [3.05, 3.63) is 59.9 Å². The van der Waals surface area contributed by atoms with Crippen molar-refractivity contribution in [2.45, 2.75) is 30.3 Å². The molecule has 3 rings (SSSR count). The molecule has 1 aliphatic carbocycles. The molecule has 0 unspecified atom stereocenters. The van der Waals surface area contributed by atoms with Crippen LogP contribution in [0.3, 0.4) is 0 Å². The summed E-state index contributed by atoms with van der Waals surface area (Å²) >= 11 is 5.65. The number of hydrogen-bond acceptors (Lipinski definition) is 4. The molecule has 0 aromatic heterocycles. The van der Waals surface area contributed by atoms with Crippen molar-refractivity contribution in [2.75, 3.05) is 5.88 Å². The number of carbonyl (C=O) groups excluding carboxylic acids is 1. The largest absolute Gasteiger partial charge is 0.379 e. The molecular weight excluding hydrogens is 381 g/mol. The molecule has 1 amide bonds. The van der Waals surface area contributed by atoms with Gasteiger partial charge in [-0.05, 0) is 54.8 Å². The van der Waals surface area contributed by atoms with E-state index in [1.807, 2.05) is 0 Å². The zero-order valence-corrected chi connectivity index (χ0v) is 15.3. The van der Waals surface area contributed by atoms with Gasteiger partial charge in [0, 0.05) is 12.6 Å². The predicted octanol–water partition coefficient (Wildman–Crippen LogP) is 3.32. The SMILES string of the molecule is O=C(CCl)N(Cc1ccc(OS(=O)(=O)c2ccc(F)cc2)cc1)C1CC1. The minimum atomic E-state index is -4.04. The summed E-state index contributed by atoms with van der Waals surface area (Å²) in [5, 5.41) is 0. The fourth-order valence-corrected chi connectivity index (χ4v) is 3.59. The van der Waals surface area contributed by atoms with Crippen LogP contribution in [0.4, 0.5) is 4.39 Å². The van der Waals surface area contributed by atoms with E-state index in [0.717, 1.165) is 42.7 Å². The first kappa shape index (κ1) is 18.7. The first-order valence-electron chi connectivity index (χ1n) is 8.03. The van der Waals surface area contributed by atoms with E-state index in [9.17, 15) is 17.6 Å². The van der Waals surface area contributed by atoms with Crippen molar-refractivity contribution in [1.29, 1.82) is 0 Å². The van der Waals surface area contributed by atoms with Crippen molar-refractivity contribution in [3.63, 3.8) is 0 Å². The Kier molecular flexibility index (Phi) is 5.48. The predicted molar refractivity (Wildman–Crippen MR) is 94.9 cm³/mol. The number of rotatable bonds is 7. The minimum absolute atomic E-state index is 0.0619. The molecule has 0 N–H and O–H groups in total. The first-order chi connectivity index (χ1) is 12.4. The highest BCUT2D eigenvalue weighted by Crippen LogP contribution is 2.29. The molecule has 8 heteroatoms. The summed E-state index contributed by atoms with van der Waals surface area (Å²) in [5.74, 6) is -0.568. The Morgan fingerprint density at radius 2 is 1.73 bits per heavy atom. The van der Waals surface area contributed by atoms with Gasteiger partial charge in [0.25, 0.3) is 0 Å². The number of benzene rings is 2. The molecule has 0 atom stereocenters. The Balaban J connectivity index is 1.69. The summed E-state index contributed by atoms with van der Waals surface area (Å²) in [4.78, 5) is 13.5. The molecule has 1 fully saturated rings. The lowest BCUT2D eigenvalue weighted by Gasteiger charge is -2.21. The molecule has 2 aromatic rings.